The molecule has 0 aromatic heterocycles. The second-order valence-electron chi connectivity index (χ2n) is 6.71. The number of phenolic OH excluding ortho intramolecular Hbond substituents is 3. The van der Waals surface area contributed by atoms with Crippen LogP contribution in [0.5, 0.6) is 28.7 Å². The zero-order valence-electron chi connectivity index (χ0n) is 16.7. The first-order valence-electron chi connectivity index (χ1n) is 9.16. The van der Waals surface area contributed by atoms with Crippen molar-refractivity contribution in [2.45, 2.75) is 6.92 Å². The van der Waals surface area contributed by atoms with Crippen LogP contribution >= 0.6 is 0 Å². The summed E-state index contributed by atoms with van der Waals surface area (Å²) in [5.74, 6) is -0.418. The minimum Gasteiger partial charge on any atom is -0.508 e. The molecule has 6 nitrogen and oxygen atoms in total. The predicted molar refractivity (Wildman–Crippen MR) is 114 cm³/mol. The summed E-state index contributed by atoms with van der Waals surface area (Å²) in [7, 11) is 1.53. The van der Waals surface area contributed by atoms with Crippen LogP contribution in [0.1, 0.15) is 27.0 Å². The van der Waals surface area contributed by atoms with Gasteiger partial charge in [-0.25, -0.2) is 0 Å². The smallest absolute Gasteiger partial charge is 0.203 e. The van der Waals surface area contributed by atoms with Gasteiger partial charge in [-0.1, -0.05) is 18.7 Å². The van der Waals surface area contributed by atoms with Crippen LogP contribution in [0.4, 0.5) is 0 Å². The Morgan fingerprint density at radius 1 is 0.933 bits per heavy atom. The van der Waals surface area contributed by atoms with E-state index in [0.29, 0.717) is 33.6 Å². The standard InChI is InChI=1S/C24H22O6/c1-14(19-5-4-6-20(25)15(19)2)17-11-21(26)24(22(27)12-17)30-13-23(28)16-7-9-18(29-3)10-8-16/h4-12,25-27H,1,13H2,2-3H3. The summed E-state index contributed by atoms with van der Waals surface area (Å²) in [6, 6.07) is 14.3. The first-order valence-corrected chi connectivity index (χ1v) is 9.16. The van der Waals surface area contributed by atoms with Gasteiger partial charge >= 0.3 is 0 Å². The molecule has 0 radical (unpaired) electrons. The molecule has 0 aliphatic carbocycles. The topological polar surface area (TPSA) is 96.2 Å². The minimum absolute atomic E-state index is 0.124. The van der Waals surface area contributed by atoms with Crippen molar-refractivity contribution >= 4 is 11.4 Å². The molecule has 0 aliphatic rings. The zero-order valence-corrected chi connectivity index (χ0v) is 16.7. The van der Waals surface area contributed by atoms with E-state index in [2.05, 4.69) is 6.58 Å². The van der Waals surface area contributed by atoms with E-state index in [9.17, 15) is 20.1 Å². The largest absolute Gasteiger partial charge is 0.508 e. The lowest BCUT2D eigenvalue weighted by molar-refractivity contribution is 0.0917. The number of Topliss-reactive ketones (excluding diaryl/α,β-unsaturated/α-hetero) is 1. The molecule has 154 valence electrons. The second kappa shape index (κ2) is 8.61. The monoisotopic (exact) mass is 406 g/mol. The third-order valence-corrected chi connectivity index (χ3v) is 4.79. The van der Waals surface area contributed by atoms with Crippen molar-refractivity contribution in [2.75, 3.05) is 13.7 Å². The quantitative estimate of drug-likeness (QED) is 0.502. The molecule has 0 saturated carbocycles. The summed E-state index contributed by atoms with van der Waals surface area (Å²) in [5.41, 5.74) is 2.69. The highest BCUT2D eigenvalue weighted by Crippen LogP contribution is 2.40. The first-order chi connectivity index (χ1) is 14.3. The molecule has 0 atom stereocenters. The summed E-state index contributed by atoms with van der Waals surface area (Å²) < 4.78 is 10.4. The number of ether oxygens (including phenoxy) is 2. The number of hydrogen-bond donors (Lipinski definition) is 3. The van der Waals surface area contributed by atoms with E-state index in [4.69, 9.17) is 9.47 Å². The summed E-state index contributed by atoms with van der Waals surface area (Å²) >= 11 is 0. The van der Waals surface area contributed by atoms with E-state index in [1.165, 1.54) is 19.2 Å². The maximum atomic E-state index is 12.3. The van der Waals surface area contributed by atoms with Crippen LogP contribution in [0, 0.1) is 6.92 Å². The van der Waals surface area contributed by atoms with E-state index in [0.717, 1.165) is 0 Å². The van der Waals surface area contributed by atoms with Gasteiger partial charge in [0.1, 0.15) is 11.5 Å². The lowest BCUT2D eigenvalue weighted by Crippen LogP contribution is -2.11. The Labute approximate surface area is 174 Å². The van der Waals surface area contributed by atoms with Crippen LogP contribution in [0.15, 0.2) is 61.2 Å². The number of rotatable bonds is 7. The Morgan fingerprint density at radius 2 is 1.57 bits per heavy atom. The van der Waals surface area contributed by atoms with E-state index in [-0.39, 0.29) is 35.4 Å². The van der Waals surface area contributed by atoms with Gasteiger partial charge in [-0.3, -0.25) is 4.79 Å². The number of carbonyl (C=O) groups is 1. The van der Waals surface area contributed by atoms with Crippen LogP contribution < -0.4 is 9.47 Å². The Morgan fingerprint density at radius 3 is 2.17 bits per heavy atom. The van der Waals surface area contributed by atoms with Crippen molar-refractivity contribution in [3.8, 4) is 28.7 Å². The summed E-state index contributed by atoms with van der Waals surface area (Å²) in [5, 5.41) is 30.6. The van der Waals surface area contributed by atoms with Crippen molar-refractivity contribution in [3.05, 3.63) is 83.4 Å². The predicted octanol–water partition coefficient (Wildman–Crippen LogP) is 4.44. The Kier molecular flexibility index (Phi) is 5.97. The van der Waals surface area contributed by atoms with E-state index >= 15 is 0 Å². The van der Waals surface area contributed by atoms with Crippen molar-refractivity contribution in [1.29, 1.82) is 0 Å². The maximum absolute atomic E-state index is 12.3. The molecule has 0 spiro atoms. The molecule has 0 saturated heterocycles. The first kappa shape index (κ1) is 20.8. The molecular weight excluding hydrogens is 384 g/mol. The average molecular weight is 406 g/mol. The van der Waals surface area contributed by atoms with Gasteiger partial charge in [-0.05, 0) is 71.7 Å². The molecule has 0 fully saturated rings. The number of benzene rings is 3. The number of aromatic hydroxyl groups is 3. The van der Waals surface area contributed by atoms with Crippen LogP contribution in [0.25, 0.3) is 5.57 Å². The molecule has 30 heavy (non-hydrogen) atoms. The average Bonchev–Trinajstić information content (AvgIpc) is 2.74. The molecule has 3 rings (SSSR count). The highest BCUT2D eigenvalue weighted by molar-refractivity contribution is 5.97. The zero-order chi connectivity index (χ0) is 21.8. The molecule has 0 heterocycles. The van der Waals surface area contributed by atoms with Gasteiger partial charge in [0.15, 0.2) is 23.9 Å². The highest BCUT2D eigenvalue weighted by atomic mass is 16.5. The Bertz CT molecular complexity index is 1080. The second-order valence-corrected chi connectivity index (χ2v) is 6.71. The van der Waals surface area contributed by atoms with Crippen molar-refractivity contribution in [3.63, 3.8) is 0 Å². The number of phenols is 3. The van der Waals surface area contributed by atoms with Gasteiger partial charge in [-0.15, -0.1) is 0 Å². The van der Waals surface area contributed by atoms with Crippen LogP contribution in [-0.4, -0.2) is 34.8 Å². The highest BCUT2D eigenvalue weighted by Gasteiger charge is 2.17. The molecule has 6 heteroatoms. The molecule has 3 aromatic carbocycles. The number of methoxy groups -OCH3 is 1. The van der Waals surface area contributed by atoms with Crippen LogP contribution in [0.3, 0.4) is 0 Å². The normalized spacial score (nSPS) is 10.5. The van der Waals surface area contributed by atoms with Crippen molar-refractivity contribution < 1.29 is 29.6 Å². The third kappa shape index (κ3) is 4.22. The van der Waals surface area contributed by atoms with Gasteiger partial charge < -0.3 is 24.8 Å². The van der Waals surface area contributed by atoms with E-state index < -0.39 is 0 Å². The molecular formula is C24H22O6. The SMILES string of the molecule is C=C(c1cc(O)c(OCC(=O)c2ccc(OC)cc2)c(O)c1)c1cccc(O)c1C. The molecule has 0 amide bonds. The summed E-state index contributed by atoms with van der Waals surface area (Å²) in [6.45, 7) is 5.38. The van der Waals surface area contributed by atoms with Gasteiger partial charge in [0.2, 0.25) is 5.75 Å². The Hall–Kier alpha value is -3.93. The lowest BCUT2D eigenvalue weighted by atomic mass is 9.95. The summed E-state index contributed by atoms with van der Waals surface area (Å²) in [4.78, 5) is 12.3. The minimum atomic E-state index is -0.362. The van der Waals surface area contributed by atoms with Crippen LogP contribution in [0.2, 0.25) is 0 Å². The van der Waals surface area contributed by atoms with Crippen molar-refractivity contribution in [1.82, 2.24) is 0 Å². The van der Waals surface area contributed by atoms with Gasteiger partial charge in [0, 0.05) is 5.56 Å². The third-order valence-electron chi connectivity index (χ3n) is 4.79. The number of ketones is 1. The molecule has 0 unspecified atom stereocenters. The lowest BCUT2D eigenvalue weighted by Gasteiger charge is -2.14. The molecule has 0 bridgehead atoms. The van der Waals surface area contributed by atoms with Gasteiger partial charge in [0.25, 0.3) is 0 Å². The van der Waals surface area contributed by atoms with Crippen molar-refractivity contribution in [2.24, 2.45) is 0 Å². The summed E-state index contributed by atoms with van der Waals surface area (Å²) in [6.07, 6.45) is 0. The molecule has 0 aliphatic heterocycles. The fraction of sp³-hybridized carbons (Fsp3) is 0.125. The number of hydrogen-bond acceptors (Lipinski definition) is 6. The van der Waals surface area contributed by atoms with Crippen LogP contribution in [-0.2, 0) is 0 Å². The molecule has 3 N–H and O–H groups in total. The fourth-order valence-corrected chi connectivity index (χ4v) is 3.02. The molecule has 3 aromatic rings. The fourth-order valence-electron chi connectivity index (χ4n) is 3.02. The maximum Gasteiger partial charge on any atom is 0.203 e. The van der Waals surface area contributed by atoms with E-state index in [1.54, 1.807) is 49.4 Å². The van der Waals surface area contributed by atoms with Gasteiger partial charge in [-0.2, -0.15) is 0 Å². The van der Waals surface area contributed by atoms with Gasteiger partial charge in [0.05, 0.1) is 7.11 Å². The Balaban J connectivity index is 1.78. The number of carbonyl (C=O) groups excluding carboxylic acids is 1. The van der Waals surface area contributed by atoms with E-state index in [1.807, 2.05) is 0 Å².